The van der Waals surface area contributed by atoms with Crippen LogP contribution in [0.3, 0.4) is 0 Å². The van der Waals surface area contributed by atoms with Gasteiger partial charge < -0.3 is 0 Å². The summed E-state index contributed by atoms with van der Waals surface area (Å²) in [5.74, 6) is 0. The van der Waals surface area contributed by atoms with Crippen LogP contribution in [0.2, 0.25) is 0 Å². The molecule has 0 aliphatic heterocycles. The van der Waals surface area contributed by atoms with E-state index in [2.05, 4.69) is 69.2 Å². The summed E-state index contributed by atoms with van der Waals surface area (Å²) in [4.78, 5) is 45.2. The average Bonchev–Trinajstić information content (AvgIpc) is 3.04. The quantitative estimate of drug-likeness (QED) is 0.201. The van der Waals surface area contributed by atoms with E-state index in [0.29, 0.717) is 22.7 Å². The van der Waals surface area contributed by atoms with Gasteiger partial charge in [-0.05, 0) is 152 Å². The van der Waals surface area contributed by atoms with Gasteiger partial charge in [0.15, 0.2) is 0 Å². The fourth-order valence-electron chi connectivity index (χ4n) is 9.36. The van der Waals surface area contributed by atoms with Crippen LogP contribution in [0.4, 0.5) is 22.7 Å². The molecule has 0 N–H and O–H groups in total. The molecule has 0 radical (unpaired) electrons. The first-order valence-corrected chi connectivity index (χ1v) is 14.2. The molecule has 0 amide bonds. The fraction of sp³-hybridized carbons (Fsp3) is 0.294. The molecule has 4 saturated carbocycles. The molecule has 4 bridgehead atoms. The van der Waals surface area contributed by atoms with Gasteiger partial charge in [0.05, 0.1) is 0 Å². The highest BCUT2D eigenvalue weighted by atomic mass is 16.3. The minimum Gasteiger partial charge on any atom is -0.145 e. The first-order valence-electron chi connectivity index (χ1n) is 14.2. The van der Waals surface area contributed by atoms with Gasteiger partial charge in [0.1, 0.15) is 22.7 Å². The van der Waals surface area contributed by atoms with Gasteiger partial charge in [0.2, 0.25) is 0 Å². The summed E-state index contributed by atoms with van der Waals surface area (Å²) < 4.78 is 0. The van der Waals surface area contributed by atoms with Gasteiger partial charge in [0.25, 0.3) is 0 Å². The van der Waals surface area contributed by atoms with Crippen LogP contribution in [0, 0.1) is 19.6 Å². The molecule has 0 atom stereocenters. The molecule has 8 heteroatoms. The topological polar surface area (TPSA) is 118 Å². The third-order valence-electron chi connectivity index (χ3n) is 10.4. The van der Waals surface area contributed by atoms with E-state index < -0.39 is 0 Å². The molecular weight excluding hydrogens is 528 g/mol. The van der Waals surface area contributed by atoms with E-state index in [4.69, 9.17) is 0 Å². The summed E-state index contributed by atoms with van der Waals surface area (Å²) in [5, 5.41) is 12.5. The molecule has 0 saturated heterocycles. The van der Waals surface area contributed by atoms with Gasteiger partial charge >= 0.3 is 0 Å². The molecule has 4 fully saturated rings. The molecular formula is C34H28N4O4. The Morgan fingerprint density at radius 1 is 0.310 bits per heavy atom. The van der Waals surface area contributed by atoms with Crippen LogP contribution in [0.5, 0.6) is 0 Å². The van der Waals surface area contributed by atoms with Gasteiger partial charge in [-0.2, -0.15) is 0 Å². The molecule has 8 rings (SSSR count). The first-order chi connectivity index (χ1) is 20.4. The molecule has 8 nitrogen and oxygen atoms in total. The van der Waals surface area contributed by atoms with E-state index in [-0.39, 0.29) is 21.7 Å². The highest BCUT2D eigenvalue weighted by molar-refractivity contribution is 5.54. The standard InChI is InChI=1S/C34H28N4O4/c39-35-27-9-1-23(2-10-27)31-17-32(24-3-11-28(36-40)12-4-24)20-33(18-31,25-5-13-29(37-41)14-6-25)22-34(19-31,21-32)26-7-15-30(38-42)16-8-26/h1-16H,17-22H2. The SMILES string of the molecule is O=Nc1ccc(C23CC4(c5ccc(N=O)cc5)CC(c5ccc(N=O)cc5)(C2)CC(c2ccc(N=O)cc2)(C3)C4)cc1. The Hall–Kier alpha value is -4.72. The smallest absolute Gasteiger partial charge is 0.108 e. The molecule has 208 valence electrons. The van der Waals surface area contributed by atoms with Crippen molar-refractivity contribution in [2.24, 2.45) is 20.7 Å². The predicted molar refractivity (Wildman–Crippen MR) is 162 cm³/mol. The van der Waals surface area contributed by atoms with E-state index in [0.717, 1.165) is 38.5 Å². The van der Waals surface area contributed by atoms with Crippen LogP contribution in [0.25, 0.3) is 0 Å². The van der Waals surface area contributed by atoms with E-state index >= 15 is 0 Å². The van der Waals surface area contributed by atoms with Crippen molar-refractivity contribution in [1.29, 1.82) is 0 Å². The second kappa shape index (κ2) is 9.41. The molecule has 4 aromatic carbocycles. The van der Waals surface area contributed by atoms with Crippen LogP contribution in [0.15, 0.2) is 118 Å². The monoisotopic (exact) mass is 556 g/mol. The maximum atomic E-state index is 11.3. The third kappa shape index (κ3) is 3.89. The molecule has 42 heavy (non-hydrogen) atoms. The summed E-state index contributed by atoms with van der Waals surface area (Å²) in [6.45, 7) is 0. The van der Waals surface area contributed by atoms with E-state index in [1.165, 1.54) is 22.3 Å². The number of hydrogen-bond acceptors (Lipinski definition) is 8. The van der Waals surface area contributed by atoms with Crippen LogP contribution in [-0.4, -0.2) is 0 Å². The molecule has 0 spiro atoms. The summed E-state index contributed by atoms with van der Waals surface area (Å²) in [6.07, 6.45) is 5.46. The highest BCUT2D eigenvalue weighted by Gasteiger charge is 2.69. The van der Waals surface area contributed by atoms with Crippen molar-refractivity contribution < 1.29 is 0 Å². The highest BCUT2D eigenvalue weighted by Crippen LogP contribution is 2.74. The Kier molecular flexibility index (Phi) is 5.87. The van der Waals surface area contributed by atoms with Crippen LogP contribution < -0.4 is 0 Å². The molecule has 0 unspecified atom stereocenters. The predicted octanol–water partition coefficient (Wildman–Crippen LogP) is 9.71. The second-order valence-corrected chi connectivity index (χ2v) is 12.7. The summed E-state index contributed by atoms with van der Waals surface area (Å²) in [6, 6.07) is 30.8. The molecule has 0 aromatic heterocycles. The first kappa shape index (κ1) is 26.2. The maximum absolute atomic E-state index is 11.3. The van der Waals surface area contributed by atoms with Crippen molar-refractivity contribution in [1.82, 2.24) is 0 Å². The summed E-state index contributed by atoms with van der Waals surface area (Å²) in [7, 11) is 0. The van der Waals surface area contributed by atoms with E-state index in [1.54, 1.807) is 48.5 Å². The molecule has 4 aromatic rings. The Morgan fingerprint density at radius 3 is 0.619 bits per heavy atom. The zero-order valence-corrected chi connectivity index (χ0v) is 22.9. The van der Waals surface area contributed by atoms with E-state index in [9.17, 15) is 19.6 Å². The second-order valence-electron chi connectivity index (χ2n) is 12.7. The Morgan fingerprint density at radius 2 is 0.476 bits per heavy atom. The molecule has 4 aliphatic rings. The molecule has 0 heterocycles. The van der Waals surface area contributed by atoms with Gasteiger partial charge in [0, 0.05) is 0 Å². The minimum absolute atomic E-state index is 0.235. The lowest BCUT2D eigenvalue weighted by Crippen LogP contribution is -2.67. The number of hydrogen-bond donors (Lipinski definition) is 0. The summed E-state index contributed by atoms with van der Waals surface area (Å²) >= 11 is 0. The van der Waals surface area contributed by atoms with E-state index in [1.807, 2.05) is 0 Å². The molecule has 4 aliphatic carbocycles. The number of benzene rings is 4. The summed E-state index contributed by atoms with van der Waals surface area (Å²) in [5.41, 5.74) is 5.35. The van der Waals surface area contributed by atoms with Crippen LogP contribution in [0.1, 0.15) is 60.8 Å². The fourth-order valence-corrected chi connectivity index (χ4v) is 9.36. The zero-order valence-electron chi connectivity index (χ0n) is 22.9. The lowest BCUT2D eigenvalue weighted by molar-refractivity contribution is -0.0691. The Balaban J connectivity index is 1.49. The number of nitrogens with zero attached hydrogens (tertiary/aromatic N) is 4. The van der Waals surface area contributed by atoms with Gasteiger partial charge in [-0.1, -0.05) is 48.5 Å². The minimum atomic E-state index is -0.235. The van der Waals surface area contributed by atoms with Crippen molar-refractivity contribution in [3.63, 3.8) is 0 Å². The Labute approximate surface area is 242 Å². The lowest BCUT2D eigenvalue weighted by atomic mass is 9.32. The van der Waals surface area contributed by atoms with Crippen LogP contribution >= 0.6 is 0 Å². The van der Waals surface area contributed by atoms with Crippen molar-refractivity contribution in [2.45, 2.75) is 60.2 Å². The van der Waals surface area contributed by atoms with Crippen molar-refractivity contribution in [3.8, 4) is 0 Å². The van der Waals surface area contributed by atoms with Gasteiger partial charge in [-0.3, -0.25) is 0 Å². The Bertz CT molecular complexity index is 1410. The van der Waals surface area contributed by atoms with Crippen molar-refractivity contribution in [2.75, 3.05) is 0 Å². The zero-order chi connectivity index (χ0) is 29.0. The van der Waals surface area contributed by atoms with Crippen molar-refractivity contribution >= 4 is 22.7 Å². The van der Waals surface area contributed by atoms with Crippen LogP contribution in [-0.2, 0) is 21.7 Å². The van der Waals surface area contributed by atoms with Gasteiger partial charge in [-0.25, -0.2) is 0 Å². The van der Waals surface area contributed by atoms with Gasteiger partial charge in [-0.15, -0.1) is 19.6 Å². The lowest BCUT2D eigenvalue weighted by Gasteiger charge is -2.71. The maximum Gasteiger partial charge on any atom is 0.108 e. The number of nitroso groups, excluding NO2 is 4. The number of rotatable bonds is 8. The van der Waals surface area contributed by atoms with Crippen molar-refractivity contribution in [3.05, 3.63) is 139 Å². The third-order valence-corrected chi connectivity index (χ3v) is 10.4. The largest absolute Gasteiger partial charge is 0.145 e. The normalized spacial score (nSPS) is 29.1. The average molecular weight is 557 g/mol.